The highest BCUT2D eigenvalue weighted by atomic mass is 79.9. The van der Waals surface area contributed by atoms with Crippen molar-refractivity contribution >= 4 is 29.0 Å². The Labute approximate surface area is 165 Å². The van der Waals surface area contributed by atoms with Crippen LogP contribution in [0.4, 0.5) is 13.2 Å². The quantitative estimate of drug-likeness (QED) is 0.490. The highest BCUT2D eigenvalue weighted by Gasteiger charge is 2.36. The Balaban J connectivity index is 0.00000312. The van der Waals surface area contributed by atoms with E-state index >= 15 is 0 Å². The average molecular weight is 462 g/mol. The molecule has 1 aromatic carbocycles. The molecule has 0 aliphatic carbocycles. The number of carbonyl (C=O) groups is 1. The van der Waals surface area contributed by atoms with E-state index in [1.165, 1.54) is 6.20 Å². The van der Waals surface area contributed by atoms with Crippen molar-refractivity contribution in [2.45, 2.75) is 12.7 Å². The summed E-state index contributed by atoms with van der Waals surface area (Å²) in [6.45, 7) is 3.19. The van der Waals surface area contributed by atoms with Crippen LogP contribution in [0.1, 0.15) is 5.56 Å². The first-order valence-electron chi connectivity index (χ1n) is 7.41. The van der Waals surface area contributed by atoms with Gasteiger partial charge < -0.3 is 26.4 Å². The molecular weight excluding hydrogens is 444 g/mol. The Morgan fingerprint density at radius 3 is 2.24 bits per heavy atom. The van der Waals surface area contributed by atoms with E-state index in [4.69, 9.17) is 23.2 Å². The number of hydrogen-bond acceptors (Lipinski definition) is 2. The number of alkyl halides is 3. The van der Waals surface area contributed by atoms with Crippen LogP contribution in [0.15, 0.2) is 30.5 Å². The van der Waals surface area contributed by atoms with Crippen LogP contribution < -0.4 is 17.0 Å². The smallest absolute Gasteiger partial charge is 0.454 e. The van der Waals surface area contributed by atoms with Crippen molar-refractivity contribution in [3.05, 3.63) is 46.1 Å². The fourth-order valence-corrected chi connectivity index (χ4v) is 3.12. The summed E-state index contributed by atoms with van der Waals surface area (Å²) in [6.07, 6.45) is -3.01. The first-order valence-corrected chi connectivity index (χ1v) is 8.16. The highest BCUT2D eigenvalue weighted by molar-refractivity contribution is 6.35. The summed E-state index contributed by atoms with van der Waals surface area (Å²) >= 11 is 12.4. The summed E-state index contributed by atoms with van der Waals surface area (Å²) < 4.78 is 37.3. The van der Waals surface area contributed by atoms with Crippen LogP contribution in [0.2, 0.25) is 10.0 Å². The van der Waals surface area contributed by atoms with Gasteiger partial charge in [-0.1, -0.05) is 29.3 Å². The lowest BCUT2D eigenvalue weighted by Crippen LogP contribution is -3.00. The van der Waals surface area contributed by atoms with Gasteiger partial charge in [0.15, 0.2) is 0 Å². The Morgan fingerprint density at radius 2 is 1.76 bits per heavy atom. The molecule has 0 unspecified atom stereocenters. The number of allylic oxidation sites excluding steroid dienone is 1. The lowest BCUT2D eigenvalue weighted by molar-refractivity contribution is -0.926. The van der Waals surface area contributed by atoms with Gasteiger partial charge in [0, 0.05) is 17.8 Å². The third-order valence-electron chi connectivity index (χ3n) is 4.17. The third kappa shape index (κ3) is 6.16. The number of hydrogen-bond donors (Lipinski definition) is 0. The minimum atomic E-state index is -4.82. The van der Waals surface area contributed by atoms with Gasteiger partial charge in [0.2, 0.25) is 0 Å². The number of benzene rings is 1. The number of rotatable bonds is 4. The molecule has 0 amide bonds. The van der Waals surface area contributed by atoms with Crippen molar-refractivity contribution in [1.82, 2.24) is 4.90 Å². The molecule has 3 nitrogen and oxygen atoms in total. The molecule has 1 aliphatic rings. The van der Waals surface area contributed by atoms with Gasteiger partial charge >= 0.3 is 6.18 Å². The number of quaternary nitrogens is 1. The molecule has 1 aromatic rings. The Bertz CT molecular complexity index is 625. The molecule has 0 atom stereocenters. The normalized spacial score (nSPS) is 17.4. The topological polar surface area (TPSA) is 20.3 Å². The molecule has 0 aromatic heterocycles. The van der Waals surface area contributed by atoms with E-state index in [1.54, 1.807) is 23.1 Å². The molecule has 140 valence electrons. The predicted molar refractivity (Wildman–Crippen MR) is 87.9 cm³/mol. The number of piperazine rings is 1. The largest absolute Gasteiger partial charge is 1.00 e. The summed E-state index contributed by atoms with van der Waals surface area (Å²) in [7, 11) is 2.06. The van der Waals surface area contributed by atoms with E-state index in [-0.39, 0.29) is 17.0 Å². The molecule has 0 bridgehead atoms. The average Bonchev–Trinajstić information content (AvgIpc) is 2.49. The molecule has 1 heterocycles. The van der Waals surface area contributed by atoms with Crippen LogP contribution in [0.5, 0.6) is 0 Å². The van der Waals surface area contributed by atoms with Gasteiger partial charge in [0.25, 0.3) is 5.78 Å². The van der Waals surface area contributed by atoms with E-state index < -0.39 is 12.0 Å². The molecule has 2 rings (SSSR count). The summed E-state index contributed by atoms with van der Waals surface area (Å²) in [5.74, 6) is -1.84. The molecule has 0 radical (unpaired) electrons. The van der Waals surface area contributed by atoms with Crippen molar-refractivity contribution in [2.24, 2.45) is 0 Å². The lowest BCUT2D eigenvalue weighted by Gasteiger charge is -2.42. The number of halogens is 6. The van der Waals surface area contributed by atoms with E-state index in [9.17, 15) is 18.0 Å². The van der Waals surface area contributed by atoms with Gasteiger partial charge in [0.1, 0.15) is 6.54 Å². The second-order valence-electron chi connectivity index (χ2n) is 6.14. The van der Waals surface area contributed by atoms with Gasteiger partial charge in [0.05, 0.1) is 43.3 Å². The summed E-state index contributed by atoms with van der Waals surface area (Å²) in [4.78, 5) is 12.6. The third-order valence-corrected chi connectivity index (χ3v) is 4.88. The Kier molecular flexibility index (Phi) is 7.80. The monoisotopic (exact) mass is 460 g/mol. The highest BCUT2D eigenvalue weighted by Crippen LogP contribution is 2.28. The van der Waals surface area contributed by atoms with Crippen LogP contribution in [-0.2, 0) is 11.3 Å². The summed E-state index contributed by atoms with van der Waals surface area (Å²) in [5.41, 5.74) is 0.875. The second-order valence-corrected chi connectivity index (χ2v) is 6.95. The summed E-state index contributed by atoms with van der Waals surface area (Å²) in [5, 5.41) is 1.22. The van der Waals surface area contributed by atoms with Crippen molar-refractivity contribution in [3.8, 4) is 0 Å². The maximum atomic E-state index is 12.2. The van der Waals surface area contributed by atoms with Gasteiger partial charge in [-0.3, -0.25) is 4.79 Å². The maximum Gasteiger partial charge on any atom is 0.454 e. The number of likely N-dealkylation sites (N-methyl/N-ethyl adjacent to an activating group) is 1. The molecule has 0 spiro atoms. The van der Waals surface area contributed by atoms with Crippen molar-refractivity contribution in [1.29, 1.82) is 0 Å². The minimum Gasteiger partial charge on any atom is -1.00 e. The number of nitrogens with zero attached hydrogens (tertiary/aromatic N) is 2. The van der Waals surface area contributed by atoms with Crippen LogP contribution >= 0.6 is 23.2 Å². The van der Waals surface area contributed by atoms with Gasteiger partial charge in [-0.2, -0.15) is 13.2 Å². The van der Waals surface area contributed by atoms with E-state index in [2.05, 4.69) is 7.05 Å². The van der Waals surface area contributed by atoms with Crippen LogP contribution in [0.3, 0.4) is 0 Å². The van der Waals surface area contributed by atoms with Crippen molar-refractivity contribution < 1.29 is 39.4 Å². The number of ketones is 1. The molecule has 0 N–H and O–H groups in total. The first-order chi connectivity index (χ1) is 11.1. The van der Waals surface area contributed by atoms with Gasteiger partial charge in [-0.25, -0.2) is 0 Å². The van der Waals surface area contributed by atoms with Crippen molar-refractivity contribution in [2.75, 3.05) is 33.2 Å². The fourth-order valence-electron chi connectivity index (χ4n) is 2.60. The van der Waals surface area contributed by atoms with E-state index in [1.807, 2.05) is 0 Å². The minimum absolute atomic E-state index is 0. The maximum absolute atomic E-state index is 12.2. The molecule has 1 fully saturated rings. The lowest BCUT2D eigenvalue weighted by atomic mass is 10.1. The number of carbonyl (C=O) groups excluding carboxylic acids is 1. The molecular formula is C16H18BrCl2F3N2O. The van der Waals surface area contributed by atoms with Crippen LogP contribution in [0, 0.1) is 0 Å². The van der Waals surface area contributed by atoms with Gasteiger partial charge in [-0.15, -0.1) is 0 Å². The van der Waals surface area contributed by atoms with Crippen LogP contribution in [0.25, 0.3) is 0 Å². The van der Waals surface area contributed by atoms with E-state index in [0.717, 1.165) is 5.56 Å². The fraction of sp³-hybridized carbons (Fsp3) is 0.438. The van der Waals surface area contributed by atoms with Crippen LogP contribution in [-0.4, -0.2) is 54.6 Å². The Morgan fingerprint density at radius 1 is 1.24 bits per heavy atom. The Hall–Kier alpha value is -0.760. The standard InChI is InChI=1S/C16H18Cl2F3N2O.BrH/c1-23(11-12-13(17)3-2-4-14(12)18)9-7-22(8-10-23)6-5-15(24)16(19,20)21;/h2-6H,7-11H2,1H3;1H/q+1;/p-1. The molecule has 1 aliphatic heterocycles. The zero-order chi connectivity index (χ0) is 18.0. The molecule has 0 saturated carbocycles. The summed E-state index contributed by atoms with van der Waals surface area (Å²) in [6, 6.07) is 5.36. The van der Waals surface area contributed by atoms with Crippen molar-refractivity contribution in [3.63, 3.8) is 0 Å². The molecule has 9 heteroatoms. The van der Waals surface area contributed by atoms with E-state index in [0.29, 0.717) is 53.3 Å². The zero-order valence-corrected chi connectivity index (χ0v) is 16.6. The second kappa shape index (κ2) is 8.75. The predicted octanol–water partition coefficient (Wildman–Crippen LogP) is 0.905. The molecule has 25 heavy (non-hydrogen) atoms. The first kappa shape index (κ1) is 22.3. The molecule has 1 saturated heterocycles. The van der Waals surface area contributed by atoms with Gasteiger partial charge in [-0.05, 0) is 12.1 Å². The SMILES string of the molecule is C[N+]1(Cc2c(Cl)cccc2Cl)CCN(C=CC(=O)C(F)(F)F)CC1.[Br-]. The zero-order valence-electron chi connectivity index (χ0n) is 13.5.